The molecule has 2 aromatic rings. The maximum atomic E-state index is 12.1. The minimum absolute atomic E-state index is 0.205. The molecule has 0 saturated heterocycles. The van der Waals surface area contributed by atoms with Crippen molar-refractivity contribution in [2.24, 2.45) is 0 Å². The number of hydrogen-bond acceptors (Lipinski definition) is 3. The van der Waals surface area contributed by atoms with Crippen molar-refractivity contribution in [3.05, 3.63) is 58.5 Å². The van der Waals surface area contributed by atoms with Gasteiger partial charge < -0.3 is 4.42 Å². The van der Waals surface area contributed by atoms with Crippen molar-refractivity contribution < 1.29 is 9.21 Å². The summed E-state index contributed by atoms with van der Waals surface area (Å²) in [6.07, 6.45) is 3.14. The molecule has 0 radical (unpaired) electrons. The third-order valence-corrected chi connectivity index (χ3v) is 3.98. The van der Waals surface area contributed by atoms with E-state index in [9.17, 15) is 4.79 Å². The summed E-state index contributed by atoms with van der Waals surface area (Å²) >= 11 is 3.38. The third kappa shape index (κ3) is 5.14. The monoisotopic (exact) mass is 349 g/mol. The highest BCUT2D eigenvalue weighted by molar-refractivity contribution is 9.10. The Morgan fingerprint density at radius 3 is 2.62 bits per heavy atom. The van der Waals surface area contributed by atoms with Crippen LogP contribution in [0.2, 0.25) is 0 Å². The zero-order chi connectivity index (χ0) is 15.1. The van der Waals surface area contributed by atoms with E-state index in [1.807, 2.05) is 36.4 Å². The molecular formula is C17H20BrNO2. The molecule has 4 heteroatoms. The molecule has 21 heavy (non-hydrogen) atoms. The lowest BCUT2D eigenvalue weighted by Gasteiger charge is -2.18. The summed E-state index contributed by atoms with van der Waals surface area (Å²) in [6, 6.07) is 11.4. The normalized spacial score (nSPS) is 11.0. The van der Waals surface area contributed by atoms with Crippen molar-refractivity contribution in [2.45, 2.75) is 26.3 Å². The minimum atomic E-state index is 0.205. The van der Waals surface area contributed by atoms with Crippen LogP contribution in [-0.2, 0) is 6.54 Å². The Bertz CT molecular complexity index is 549. The van der Waals surface area contributed by atoms with Gasteiger partial charge in [-0.2, -0.15) is 0 Å². The predicted molar refractivity (Wildman–Crippen MR) is 87.4 cm³/mol. The maximum absolute atomic E-state index is 12.1. The number of nitrogens with zero attached hydrogens (tertiary/aromatic N) is 1. The van der Waals surface area contributed by atoms with Gasteiger partial charge in [-0.05, 0) is 43.8 Å². The Balaban J connectivity index is 1.77. The first kappa shape index (κ1) is 16.0. The first-order chi connectivity index (χ1) is 10.2. The van der Waals surface area contributed by atoms with E-state index in [2.05, 4.69) is 27.8 Å². The van der Waals surface area contributed by atoms with Gasteiger partial charge in [0.1, 0.15) is 5.76 Å². The Morgan fingerprint density at radius 2 is 2.00 bits per heavy atom. The van der Waals surface area contributed by atoms with E-state index in [1.165, 1.54) is 0 Å². The lowest BCUT2D eigenvalue weighted by molar-refractivity contribution is 0.0974. The largest absolute Gasteiger partial charge is 0.468 e. The standard InChI is InChI=1S/C17H20BrNO2/c1-2-19(13-16-5-4-12-21-16)11-3-6-17(20)14-7-9-15(18)10-8-14/h4-5,7-10,12H,2-3,6,11,13H2,1H3. The molecule has 0 fully saturated rings. The van der Waals surface area contributed by atoms with Crippen molar-refractivity contribution in [3.63, 3.8) is 0 Å². The van der Waals surface area contributed by atoms with Crippen LogP contribution in [0, 0.1) is 0 Å². The molecule has 0 N–H and O–H groups in total. The number of hydrogen-bond donors (Lipinski definition) is 0. The second kappa shape index (κ2) is 8.15. The summed E-state index contributed by atoms with van der Waals surface area (Å²) in [7, 11) is 0. The summed E-state index contributed by atoms with van der Waals surface area (Å²) in [5.41, 5.74) is 0.785. The maximum Gasteiger partial charge on any atom is 0.162 e. The summed E-state index contributed by atoms with van der Waals surface area (Å²) in [5, 5.41) is 0. The number of halogens is 1. The molecule has 0 aliphatic heterocycles. The molecule has 3 nitrogen and oxygen atoms in total. The highest BCUT2D eigenvalue weighted by Gasteiger charge is 2.09. The van der Waals surface area contributed by atoms with Gasteiger partial charge in [-0.25, -0.2) is 0 Å². The molecule has 0 atom stereocenters. The van der Waals surface area contributed by atoms with Crippen molar-refractivity contribution >= 4 is 21.7 Å². The lowest BCUT2D eigenvalue weighted by atomic mass is 10.1. The zero-order valence-corrected chi connectivity index (χ0v) is 13.8. The fourth-order valence-electron chi connectivity index (χ4n) is 2.22. The molecule has 1 heterocycles. The molecule has 0 aliphatic rings. The molecule has 1 aromatic carbocycles. The fourth-order valence-corrected chi connectivity index (χ4v) is 2.48. The van der Waals surface area contributed by atoms with E-state index < -0.39 is 0 Å². The van der Waals surface area contributed by atoms with Gasteiger partial charge in [0.25, 0.3) is 0 Å². The number of furan rings is 1. The number of carbonyl (C=O) groups is 1. The first-order valence-corrected chi connectivity index (χ1v) is 8.02. The highest BCUT2D eigenvalue weighted by atomic mass is 79.9. The van der Waals surface area contributed by atoms with Crippen LogP contribution in [0.25, 0.3) is 0 Å². The van der Waals surface area contributed by atoms with E-state index in [4.69, 9.17) is 4.42 Å². The second-order valence-corrected chi connectivity index (χ2v) is 5.90. The molecule has 1 aromatic heterocycles. The van der Waals surface area contributed by atoms with Crippen LogP contribution in [0.1, 0.15) is 35.9 Å². The Hall–Kier alpha value is -1.39. The van der Waals surface area contributed by atoms with Crippen molar-refractivity contribution in [1.29, 1.82) is 0 Å². The van der Waals surface area contributed by atoms with E-state index in [0.717, 1.165) is 41.9 Å². The number of carbonyl (C=O) groups excluding carboxylic acids is 1. The molecule has 2 rings (SSSR count). The van der Waals surface area contributed by atoms with Crippen LogP contribution in [0.15, 0.2) is 51.6 Å². The van der Waals surface area contributed by atoms with Crippen molar-refractivity contribution in [1.82, 2.24) is 4.90 Å². The molecule has 0 aliphatic carbocycles. The van der Waals surface area contributed by atoms with Crippen LogP contribution >= 0.6 is 15.9 Å². The molecule has 0 bridgehead atoms. The van der Waals surface area contributed by atoms with Gasteiger partial charge in [0.15, 0.2) is 5.78 Å². The molecule has 0 unspecified atom stereocenters. The van der Waals surface area contributed by atoms with Crippen LogP contribution in [0.5, 0.6) is 0 Å². The topological polar surface area (TPSA) is 33.5 Å². The Kier molecular flexibility index (Phi) is 6.21. The lowest BCUT2D eigenvalue weighted by Crippen LogP contribution is -2.24. The second-order valence-electron chi connectivity index (χ2n) is 4.98. The van der Waals surface area contributed by atoms with Gasteiger partial charge in [-0.3, -0.25) is 9.69 Å². The molecular weight excluding hydrogens is 330 g/mol. The van der Waals surface area contributed by atoms with E-state index >= 15 is 0 Å². The Labute approximate surface area is 134 Å². The quantitative estimate of drug-likeness (QED) is 0.656. The zero-order valence-electron chi connectivity index (χ0n) is 12.2. The van der Waals surface area contributed by atoms with E-state index in [0.29, 0.717) is 6.42 Å². The first-order valence-electron chi connectivity index (χ1n) is 7.22. The third-order valence-electron chi connectivity index (χ3n) is 3.45. The molecule has 0 spiro atoms. The summed E-state index contributed by atoms with van der Waals surface area (Å²) < 4.78 is 6.36. The number of benzene rings is 1. The van der Waals surface area contributed by atoms with E-state index in [1.54, 1.807) is 6.26 Å². The molecule has 0 amide bonds. The van der Waals surface area contributed by atoms with Gasteiger partial charge in [-0.15, -0.1) is 0 Å². The van der Waals surface area contributed by atoms with Gasteiger partial charge in [0.2, 0.25) is 0 Å². The highest BCUT2D eigenvalue weighted by Crippen LogP contribution is 2.13. The minimum Gasteiger partial charge on any atom is -0.468 e. The number of Topliss-reactive ketones (excluding diaryl/α,β-unsaturated/α-hetero) is 1. The van der Waals surface area contributed by atoms with Crippen molar-refractivity contribution in [3.8, 4) is 0 Å². The molecule has 112 valence electrons. The SMILES string of the molecule is CCN(CCCC(=O)c1ccc(Br)cc1)Cc1ccco1. The van der Waals surface area contributed by atoms with Gasteiger partial charge in [0, 0.05) is 16.5 Å². The van der Waals surface area contributed by atoms with Gasteiger partial charge in [-0.1, -0.05) is 35.0 Å². The predicted octanol–water partition coefficient (Wildman–Crippen LogP) is 4.53. The summed E-state index contributed by atoms with van der Waals surface area (Å²) in [5.74, 6) is 1.17. The van der Waals surface area contributed by atoms with Crippen LogP contribution in [-0.4, -0.2) is 23.8 Å². The van der Waals surface area contributed by atoms with Crippen molar-refractivity contribution in [2.75, 3.05) is 13.1 Å². The smallest absolute Gasteiger partial charge is 0.162 e. The van der Waals surface area contributed by atoms with Crippen LogP contribution in [0.4, 0.5) is 0 Å². The van der Waals surface area contributed by atoms with Crippen LogP contribution in [0.3, 0.4) is 0 Å². The average molecular weight is 350 g/mol. The summed E-state index contributed by atoms with van der Waals surface area (Å²) in [6.45, 7) is 4.78. The summed E-state index contributed by atoms with van der Waals surface area (Å²) in [4.78, 5) is 14.4. The van der Waals surface area contributed by atoms with Gasteiger partial charge >= 0.3 is 0 Å². The Morgan fingerprint density at radius 1 is 1.24 bits per heavy atom. The average Bonchev–Trinajstić information content (AvgIpc) is 2.99. The molecule has 0 saturated carbocycles. The fraction of sp³-hybridized carbons (Fsp3) is 0.353. The van der Waals surface area contributed by atoms with Gasteiger partial charge in [0.05, 0.1) is 12.8 Å². The number of ketones is 1. The number of rotatable bonds is 8. The van der Waals surface area contributed by atoms with Crippen LogP contribution < -0.4 is 0 Å². The van der Waals surface area contributed by atoms with E-state index in [-0.39, 0.29) is 5.78 Å².